The minimum atomic E-state index is -3.48. The standard InChI is InChI=1S/C11H16FNO2S/c1-8(13-3)9(2)16(14,15)11-6-4-5-10(12)7-11/h4-9,13H,1-3H3. The van der Waals surface area contributed by atoms with Gasteiger partial charge in [0.2, 0.25) is 0 Å². The summed E-state index contributed by atoms with van der Waals surface area (Å²) < 4.78 is 37.1. The largest absolute Gasteiger partial charge is 0.316 e. The predicted octanol–water partition coefficient (Wildman–Crippen LogP) is 1.60. The number of sulfone groups is 1. The summed E-state index contributed by atoms with van der Waals surface area (Å²) in [6.45, 7) is 3.39. The first kappa shape index (κ1) is 13.1. The zero-order valence-corrected chi connectivity index (χ0v) is 10.4. The lowest BCUT2D eigenvalue weighted by atomic mass is 10.3. The van der Waals surface area contributed by atoms with E-state index in [9.17, 15) is 12.8 Å². The van der Waals surface area contributed by atoms with Crippen LogP contribution in [0.2, 0.25) is 0 Å². The minimum Gasteiger partial charge on any atom is -0.316 e. The van der Waals surface area contributed by atoms with Gasteiger partial charge in [-0.15, -0.1) is 0 Å². The maximum absolute atomic E-state index is 13.0. The van der Waals surface area contributed by atoms with Gasteiger partial charge in [-0.25, -0.2) is 12.8 Å². The van der Waals surface area contributed by atoms with E-state index in [1.54, 1.807) is 20.9 Å². The second kappa shape index (κ2) is 4.93. The second-order valence-corrected chi connectivity index (χ2v) is 6.09. The fourth-order valence-corrected chi connectivity index (χ4v) is 3.01. The monoisotopic (exact) mass is 245 g/mol. The van der Waals surface area contributed by atoms with Crippen LogP contribution >= 0.6 is 0 Å². The maximum Gasteiger partial charge on any atom is 0.182 e. The van der Waals surface area contributed by atoms with Crippen LogP contribution in [-0.4, -0.2) is 26.8 Å². The molecule has 0 aliphatic heterocycles. The van der Waals surface area contributed by atoms with Gasteiger partial charge in [0.1, 0.15) is 5.82 Å². The topological polar surface area (TPSA) is 46.2 Å². The number of halogens is 1. The highest BCUT2D eigenvalue weighted by molar-refractivity contribution is 7.92. The molecule has 0 radical (unpaired) electrons. The Kier molecular flexibility index (Phi) is 4.04. The third-order valence-electron chi connectivity index (χ3n) is 2.77. The molecule has 1 aromatic carbocycles. The van der Waals surface area contributed by atoms with Gasteiger partial charge in [0.05, 0.1) is 10.1 Å². The predicted molar refractivity (Wildman–Crippen MR) is 61.6 cm³/mol. The lowest BCUT2D eigenvalue weighted by Crippen LogP contribution is -2.38. The van der Waals surface area contributed by atoms with E-state index in [4.69, 9.17) is 0 Å². The van der Waals surface area contributed by atoms with Crippen molar-refractivity contribution >= 4 is 9.84 Å². The second-order valence-electron chi connectivity index (χ2n) is 3.78. The van der Waals surface area contributed by atoms with Crippen LogP contribution in [0.5, 0.6) is 0 Å². The fraction of sp³-hybridized carbons (Fsp3) is 0.455. The quantitative estimate of drug-likeness (QED) is 0.876. The van der Waals surface area contributed by atoms with Crippen LogP contribution in [0.25, 0.3) is 0 Å². The van der Waals surface area contributed by atoms with Crippen molar-refractivity contribution in [3.8, 4) is 0 Å². The Balaban J connectivity index is 3.12. The highest BCUT2D eigenvalue weighted by atomic mass is 32.2. The molecule has 1 rings (SSSR count). The summed E-state index contributed by atoms with van der Waals surface area (Å²) in [4.78, 5) is 0.0297. The van der Waals surface area contributed by atoms with Crippen molar-refractivity contribution in [1.82, 2.24) is 5.32 Å². The summed E-state index contributed by atoms with van der Waals surface area (Å²) in [6.07, 6.45) is 0. The van der Waals surface area contributed by atoms with E-state index in [0.717, 1.165) is 6.07 Å². The molecule has 2 atom stereocenters. The van der Waals surface area contributed by atoms with Gasteiger partial charge in [-0.1, -0.05) is 6.07 Å². The number of rotatable bonds is 4. The molecule has 0 fully saturated rings. The molecule has 0 aliphatic rings. The van der Waals surface area contributed by atoms with Crippen molar-refractivity contribution in [2.24, 2.45) is 0 Å². The lowest BCUT2D eigenvalue weighted by molar-refractivity contribution is 0.538. The molecule has 0 saturated heterocycles. The Morgan fingerprint density at radius 2 is 1.94 bits per heavy atom. The van der Waals surface area contributed by atoms with E-state index in [1.165, 1.54) is 18.2 Å². The number of benzene rings is 1. The van der Waals surface area contributed by atoms with Crippen LogP contribution in [0.3, 0.4) is 0 Å². The van der Waals surface area contributed by atoms with Crippen molar-refractivity contribution in [1.29, 1.82) is 0 Å². The van der Waals surface area contributed by atoms with Crippen molar-refractivity contribution in [2.75, 3.05) is 7.05 Å². The van der Waals surface area contributed by atoms with Crippen molar-refractivity contribution < 1.29 is 12.8 Å². The lowest BCUT2D eigenvalue weighted by Gasteiger charge is -2.19. The SMILES string of the molecule is CNC(C)C(C)S(=O)(=O)c1cccc(F)c1. The Labute approximate surface area is 95.6 Å². The molecule has 1 aromatic rings. The van der Waals surface area contributed by atoms with E-state index in [2.05, 4.69) is 5.32 Å². The summed E-state index contributed by atoms with van der Waals surface area (Å²) in [5, 5.41) is 2.28. The molecule has 2 unspecified atom stereocenters. The molecule has 1 N–H and O–H groups in total. The number of hydrogen-bond acceptors (Lipinski definition) is 3. The van der Waals surface area contributed by atoms with Crippen LogP contribution in [-0.2, 0) is 9.84 Å². The Morgan fingerprint density at radius 1 is 1.31 bits per heavy atom. The average Bonchev–Trinajstić information content (AvgIpc) is 2.27. The molecule has 0 aliphatic carbocycles. The van der Waals surface area contributed by atoms with Gasteiger partial charge in [-0.3, -0.25) is 0 Å². The van der Waals surface area contributed by atoms with Crippen molar-refractivity contribution in [2.45, 2.75) is 30.0 Å². The third-order valence-corrected chi connectivity index (χ3v) is 5.07. The average molecular weight is 245 g/mol. The zero-order chi connectivity index (χ0) is 12.3. The first-order valence-corrected chi connectivity index (χ1v) is 6.61. The van der Waals surface area contributed by atoms with E-state index < -0.39 is 20.9 Å². The highest BCUT2D eigenvalue weighted by Gasteiger charge is 2.27. The molecule has 3 nitrogen and oxygen atoms in total. The summed E-state index contributed by atoms with van der Waals surface area (Å²) in [5.74, 6) is -0.537. The smallest absolute Gasteiger partial charge is 0.182 e. The Bertz CT molecular complexity index is 459. The van der Waals surface area contributed by atoms with Gasteiger partial charge in [0.25, 0.3) is 0 Å². The van der Waals surface area contributed by atoms with Gasteiger partial charge in [0, 0.05) is 6.04 Å². The highest BCUT2D eigenvalue weighted by Crippen LogP contribution is 2.18. The molecule has 0 amide bonds. The maximum atomic E-state index is 13.0. The summed E-state index contributed by atoms with van der Waals surface area (Å²) in [5.41, 5.74) is 0. The zero-order valence-electron chi connectivity index (χ0n) is 9.57. The van der Waals surface area contributed by atoms with E-state index in [0.29, 0.717) is 0 Å². The summed E-state index contributed by atoms with van der Waals surface area (Å²) >= 11 is 0. The summed E-state index contributed by atoms with van der Waals surface area (Å²) in [7, 11) is -1.78. The van der Waals surface area contributed by atoms with E-state index in [1.807, 2.05) is 0 Å². The van der Waals surface area contributed by atoms with Crippen LogP contribution in [0, 0.1) is 5.82 Å². The van der Waals surface area contributed by atoms with Crippen molar-refractivity contribution in [3.63, 3.8) is 0 Å². The minimum absolute atomic E-state index is 0.0297. The van der Waals surface area contributed by atoms with Gasteiger partial charge in [-0.2, -0.15) is 0 Å². The Morgan fingerprint density at radius 3 is 2.44 bits per heavy atom. The molecule has 0 saturated carbocycles. The third kappa shape index (κ3) is 2.59. The van der Waals surface area contributed by atoms with E-state index in [-0.39, 0.29) is 10.9 Å². The first-order chi connectivity index (χ1) is 7.39. The van der Waals surface area contributed by atoms with E-state index >= 15 is 0 Å². The van der Waals surface area contributed by atoms with Crippen molar-refractivity contribution in [3.05, 3.63) is 30.1 Å². The van der Waals surface area contributed by atoms with Gasteiger partial charge < -0.3 is 5.32 Å². The van der Waals surface area contributed by atoms with Crippen LogP contribution in [0.4, 0.5) is 4.39 Å². The molecule has 16 heavy (non-hydrogen) atoms. The molecule has 0 heterocycles. The molecule has 0 aromatic heterocycles. The van der Waals surface area contributed by atoms with Crippen LogP contribution < -0.4 is 5.32 Å². The molecule has 0 bridgehead atoms. The first-order valence-electron chi connectivity index (χ1n) is 5.06. The van der Waals surface area contributed by atoms with Gasteiger partial charge >= 0.3 is 0 Å². The molecule has 0 spiro atoms. The molecular formula is C11H16FNO2S. The number of nitrogens with one attached hydrogen (secondary N) is 1. The molecule has 90 valence electrons. The fourth-order valence-electron chi connectivity index (χ4n) is 1.36. The number of hydrogen-bond donors (Lipinski definition) is 1. The van der Waals surface area contributed by atoms with Gasteiger partial charge in [-0.05, 0) is 39.1 Å². The molecular weight excluding hydrogens is 229 g/mol. The van der Waals surface area contributed by atoms with Crippen LogP contribution in [0.15, 0.2) is 29.2 Å². The Hall–Kier alpha value is -0.940. The summed E-state index contributed by atoms with van der Waals surface area (Å²) in [6, 6.07) is 4.91. The van der Waals surface area contributed by atoms with Crippen LogP contribution in [0.1, 0.15) is 13.8 Å². The normalized spacial score (nSPS) is 15.8. The van der Waals surface area contributed by atoms with Gasteiger partial charge in [0.15, 0.2) is 9.84 Å². The molecule has 5 heteroatoms.